The van der Waals surface area contributed by atoms with Gasteiger partial charge in [-0.25, -0.2) is 0 Å². The van der Waals surface area contributed by atoms with E-state index in [1.165, 1.54) is 6.20 Å². The highest BCUT2D eigenvalue weighted by molar-refractivity contribution is 6.09. The van der Waals surface area contributed by atoms with Gasteiger partial charge in [0, 0.05) is 18.8 Å². The number of hydrogen-bond donors (Lipinski definition) is 2. The Kier molecular flexibility index (Phi) is 5.31. The third kappa shape index (κ3) is 4.46. The lowest BCUT2D eigenvalue weighted by molar-refractivity contribution is 0.101. The number of anilines is 2. The first-order valence-corrected chi connectivity index (χ1v) is 9.05. The molecule has 2 N–H and O–H groups in total. The van der Waals surface area contributed by atoms with E-state index in [1.807, 2.05) is 24.3 Å². The molecule has 3 aromatic rings. The predicted molar refractivity (Wildman–Crippen MR) is 111 cm³/mol. The Morgan fingerprint density at radius 1 is 0.857 bits per heavy atom. The number of aryl methyl sites for hydroxylation is 1. The number of nitrogens with zero attached hydrogens (tertiary/aromatic N) is 2. The average Bonchev–Trinajstić information content (AvgIpc) is 3.09. The first-order chi connectivity index (χ1) is 13.2. The number of para-hydroxylation sites is 2. The van der Waals surface area contributed by atoms with Gasteiger partial charge in [-0.1, -0.05) is 45.0 Å². The number of carbonyl (C=O) groups is 2. The minimum Gasteiger partial charge on any atom is -0.320 e. The quantitative estimate of drug-likeness (QED) is 0.716. The molecule has 0 aliphatic rings. The molecular formula is C22H24N4O2. The van der Waals surface area contributed by atoms with Crippen molar-refractivity contribution in [2.24, 2.45) is 7.05 Å². The minimum absolute atomic E-state index is 0.0260. The van der Waals surface area contributed by atoms with Gasteiger partial charge < -0.3 is 10.6 Å². The Morgan fingerprint density at radius 3 is 1.86 bits per heavy atom. The van der Waals surface area contributed by atoms with Gasteiger partial charge in [-0.05, 0) is 35.2 Å². The summed E-state index contributed by atoms with van der Waals surface area (Å²) in [5, 5.41) is 9.69. The average molecular weight is 376 g/mol. The van der Waals surface area contributed by atoms with E-state index in [1.54, 1.807) is 42.2 Å². The molecule has 2 aromatic carbocycles. The highest BCUT2D eigenvalue weighted by Gasteiger charge is 2.16. The van der Waals surface area contributed by atoms with Gasteiger partial charge in [-0.3, -0.25) is 14.3 Å². The number of amides is 2. The van der Waals surface area contributed by atoms with Crippen LogP contribution in [0, 0.1) is 0 Å². The molecule has 0 saturated heterocycles. The van der Waals surface area contributed by atoms with Crippen LogP contribution >= 0.6 is 0 Å². The maximum atomic E-state index is 12.6. The fraction of sp³-hybridized carbons (Fsp3) is 0.227. The van der Waals surface area contributed by atoms with Crippen LogP contribution in [0.15, 0.2) is 60.9 Å². The second kappa shape index (κ2) is 7.68. The van der Waals surface area contributed by atoms with Crippen molar-refractivity contribution >= 4 is 23.2 Å². The molecule has 1 aromatic heterocycles. The molecule has 144 valence electrons. The molecule has 0 fully saturated rings. The Labute approximate surface area is 164 Å². The fourth-order valence-corrected chi connectivity index (χ4v) is 2.75. The number of nitrogens with one attached hydrogen (secondary N) is 2. The second-order valence-electron chi connectivity index (χ2n) is 7.68. The van der Waals surface area contributed by atoms with E-state index in [-0.39, 0.29) is 17.2 Å². The van der Waals surface area contributed by atoms with E-state index >= 15 is 0 Å². The third-order valence-electron chi connectivity index (χ3n) is 4.40. The summed E-state index contributed by atoms with van der Waals surface area (Å²) in [6.07, 6.45) is 3.13. The van der Waals surface area contributed by atoms with E-state index < -0.39 is 0 Å². The molecule has 0 unspecified atom stereocenters. The standard InChI is InChI=1S/C22H24N4O2/c1-22(2,3)17-11-9-15(10-12-17)20(27)24-18-7-5-6-8-19(18)25-21(28)16-13-23-26(4)14-16/h5-14H,1-4H3,(H,24,27)(H,25,28). The summed E-state index contributed by atoms with van der Waals surface area (Å²) < 4.78 is 1.56. The van der Waals surface area contributed by atoms with Gasteiger partial charge >= 0.3 is 0 Å². The van der Waals surface area contributed by atoms with Crippen molar-refractivity contribution in [3.8, 4) is 0 Å². The van der Waals surface area contributed by atoms with Gasteiger partial charge in [0.1, 0.15) is 0 Å². The van der Waals surface area contributed by atoms with Gasteiger partial charge in [0.25, 0.3) is 11.8 Å². The lowest BCUT2D eigenvalue weighted by Gasteiger charge is -2.19. The normalized spacial score (nSPS) is 11.1. The number of hydrogen-bond acceptors (Lipinski definition) is 3. The molecule has 1 heterocycles. The third-order valence-corrected chi connectivity index (χ3v) is 4.40. The Bertz CT molecular complexity index is 998. The largest absolute Gasteiger partial charge is 0.320 e. The van der Waals surface area contributed by atoms with E-state index in [0.29, 0.717) is 22.5 Å². The summed E-state index contributed by atoms with van der Waals surface area (Å²) in [7, 11) is 1.75. The summed E-state index contributed by atoms with van der Waals surface area (Å²) in [6, 6.07) is 14.6. The van der Waals surface area contributed by atoms with Crippen molar-refractivity contribution in [1.82, 2.24) is 9.78 Å². The highest BCUT2D eigenvalue weighted by atomic mass is 16.2. The number of carbonyl (C=O) groups excluding carboxylic acids is 2. The van der Waals surface area contributed by atoms with Crippen LogP contribution in [0.25, 0.3) is 0 Å². The lowest BCUT2D eigenvalue weighted by Crippen LogP contribution is -2.17. The van der Waals surface area contributed by atoms with Crippen LogP contribution in [-0.2, 0) is 12.5 Å². The summed E-state index contributed by atoms with van der Waals surface area (Å²) in [5.41, 5.74) is 3.25. The van der Waals surface area contributed by atoms with Crippen LogP contribution in [0.2, 0.25) is 0 Å². The van der Waals surface area contributed by atoms with Crippen LogP contribution in [-0.4, -0.2) is 21.6 Å². The first-order valence-electron chi connectivity index (χ1n) is 9.05. The fourth-order valence-electron chi connectivity index (χ4n) is 2.75. The molecule has 28 heavy (non-hydrogen) atoms. The van der Waals surface area contributed by atoms with Gasteiger partial charge in [-0.2, -0.15) is 5.10 Å². The van der Waals surface area contributed by atoms with Crippen LogP contribution < -0.4 is 10.6 Å². The molecule has 0 bridgehead atoms. The molecule has 2 amide bonds. The first kappa shape index (κ1) is 19.4. The molecule has 6 nitrogen and oxygen atoms in total. The summed E-state index contributed by atoms with van der Waals surface area (Å²) in [4.78, 5) is 25.0. The van der Waals surface area contributed by atoms with Crippen LogP contribution in [0.4, 0.5) is 11.4 Å². The molecule has 0 spiro atoms. The molecular weight excluding hydrogens is 352 g/mol. The molecule has 3 rings (SSSR count). The van der Waals surface area contributed by atoms with E-state index in [2.05, 4.69) is 36.5 Å². The van der Waals surface area contributed by atoms with Crippen molar-refractivity contribution in [1.29, 1.82) is 0 Å². The Hall–Kier alpha value is -3.41. The van der Waals surface area contributed by atoms with Crippen molar-refractivity contribution in [2.75, 3.05) is 10.6 Å². The van der Waals surface area contributed by atoms with E-state index in [9.17, 15) is 9.59 Å². The molecule has 0 atom stereocenters. The maximum Gasteiger partial charge on any atom is 0.258 e. The minimum atomic E-state index is -0.288. The number of rotatable bonds is 4. The summed E-state index contributed by atoms with van der Waals surface area (Å²) in [6.45, 7) is 6.38. The van der Waals surface area contributed by atoms with Gasteiger partial charge in [-0.15, -0.1) is 0 Å². The molecule has 0 radical (unpaired) electrons. The molecule has 0 saturated carbocycles. The smallest absolute Gasteiger partial charge is 0.258 e. The monoisotopic (exact) mass is 376 g/mol. The summed E-state index contributed by atoms with van der Waals surface area (Å²) in [5.74, 6) is -0.520. The van der Waals surface area contributed by atoms with Gasteiger partial charge in [0.15, 0.2) is 0 Å². The zero-order valence-electron chi connectivity index (χ0n) is 16.5. The SMILES string of the molecule is Cn1cc(C(=O)Nc2ccccc2NC(=O)c2ccc(C(C)(C)C)cc2)cn1. The molecule has 0 aliphatic heterocycles. The molecule has 6 heteroatoms. The molecule has 0 aliphatic carbocycles. The summed E-state index contributed by atoms with van der Waals surface area (Å²) >= 11 is 0. The van der Waals surface area contributed by atoms with Crippen LogP contribution in [0.5, 0.6) is 0 Å². The van der Waals surface area contributed by atoms with Gasteiger partial charge in [0.05, 0.1) is 23.1 Å². The van der Waals surface area contributed by atoms with Crippen LogP contribution in [0.1, 0.15) is 47.1 Å². The van der Waals surface area contributed by atoms with Gasteiger partial charge in [0.2, 0.25) is 0 Å². The second-order valence-corrected chi connectivity index (χ2v) is 7.68. The maximum absolute atomic E-state index is 12.6. The Morgan fingerprint density at radius 2 is 1.39 bits per heavy atom. The van der Waals surface area contributed by atoms with Crippen molar-refractivity contribution in [3.05, 3.63) is 77.6 Å². The Balaban J connectivity index is 1.75. The van der Waals surface area contributed by atoms with Crippen molar-refractivity contribution < 1.29 is 9.59 Å². The number of aromatic nitrogens is 2. The highest BCUT2D eigenvalue weighted by Crippen LogP contribution is 2.24. The zero-order valence-corrected chi connectivity index (χ0v) is 16.5. The van der Waals surface area contributed by atoms with Crippen molar-refractivity contribution in [3.63, 3.8) is 0 Å². The van der Waals surface area contributed by atoms with E-state index in [0.717, 1.165) is 5.56 Å². The van der Waals surface area contributed by atoms with Crippen LogP contribution in [0.3, 0.4) is 0 Å². The van der Waals surface area contributed by atoms with Crippen molar-refractivity contribution in [2.45, 2.75) is 26.2 Å². The predicted octanol–water partition coefficient (Wildman–Crippen LogP) is 4.22. The lowest BCUT2D eigenvalue weighted by atomic mass is 9.87. The zero-order chi connectivity index (χ0) is 20.3. The topological polar surface area (TPSA) is 76.0 Å². The van der Waals surface area contributed by atoms with E-state index in [4.69, 9.17) is 0 Å². The number of benzene rings is 2.